The zero-order chi connectivity index (χ0) is 20.4. The summed E-state index contributed by atoms with van der Waals surface area (Å²) in [7, 11) is 1.64. The van der Waals surface area contributed by atoms with E-state index < -0.39 is 0 Å². The second kappa shape index (κ2) is 8.07. The Balaban J connectivity index is 1.47. The van der Waals surface area contributed by atoms with Gasteiger partial charge in [0.15, 0.2) is 0 Å². The molecule has 0 aromatic heterocycles. The Bertz CT molecular complexity index is 870. The maximum Gasteiger partial charge on any atom is 0.251 e. The second-order valence-corrected chi connectivity index (χ2v) is 8.68. The highest BCUT2D eigenvalue weighted by Crippen LogP contribution is 2.41. The first-order chi connectivity index (χ1) is 13.9. The van der Waals surface area contributed by atoms with Gasteiger partial charge in [-0.25, -0.2) is 0 Å². The van der Waals surface area contributed by atoms with Crippen LogP contribution < -0.4 is 14.8 Å². The first kappa shape index (κ1) is 19.8. The summed E-state index contributed by atoms with van der Waals surface area (Å²) in [6.45, 7) is 7.40. The van der Waals surface area contributed by atoms with Gasteiger partial charge < -0.3 is 14.8 Å². The molecule has 29 heavy (non-hydrogen) atoms. The van der Waals surface area contributed by atoms with Crippen LogP contribution >= 0.6 is 0 Å². The molecule has 2 heterocycles. The van der Waals surface area contributed by atoms with Crippen LogP contribution in [-0.2, 0) is 6.54 Å². The largest absolute Gasteiger partial charge is 0.497 e. The van der Waals surface area contributed by atoms with Gasteiger partial charge >= 0.3 is 0 Å². The quantitative estimate of drug-likeness (QED) is 0.820. The predicted octanol–water partition coefficient (Wildman–Crippen LogP) is 4.32. The van der Waals surface area contributed by atoms with Crippen LogP contribution in [0.4, 0.5) is 0 Å². The Labute approximate surface area is 173 Å². The SMILES string of the molecule is COc1ccc2c(c1)OC(C)(C)C[C@H]2NC(=O)c1ccc(CN2CCCC2)cc1. The molecule has 1 N–H and O–H groups in total. The van der Waals surface area contributed by atoms with E-state index in [2.05, 4.69) is 22.3 Å². The first-order valence-electron chi connectivity index (χ1n) is 10.4. The van der Waals surface area contributed by atoms with E-state index in [9.17, 15) is 4.79 Å². The Morgan fingerprint density at radius 3 is 2.59 bits per heavy atom. The molecular weight excluding hydrogens is 364 g/mol. The number of likely N-dealkylation sites (tertiary alicyclic amines) is 1. The number of hydrogen-bond acceptors (Lipinski definition) is 4. The minimum Gasteiger partial charge on any atom is -0.497 e. The van der Waals surface area contributed by atoms with Crippen LogP contribution in [0.5, 0.6) is 11.5 Å². The van der Waals surface area contributed by atoms with Gasteiger partial charge in [0.1, 0.15) is 17.1 Å². The molecule has 2 aromatic carbocycles. The minimum atomic E-state index is -0.364. The minimum absolute atomic E-state index is 0.0535. The van der Waals surface area contributed by atoms with Crippen molar-refractivity contribution in [1.29, 1.82) is 0 Å². The van der Waals surface area contributed by atoms with Gasteiger partial charge in [-0.2, -0.15) is 0 Å². The van der Waals surface area contributed by atoms with Crippen LogP contribution in [-0.4, -0.2) is 36.6 Å². The van der Waals surface area contributed by atoms with Crippen LogP contribution in [0.15, 0.2) is 42.5 Å². The normalized spacial score (nSPS) is 20.6. The Morgan fingerprint density at radius 1 is 1.17 bits per heavy atom. The van der Waals surface area contributed by atoms with Gasteiger partial charge in [0.05, 0.1) is 13.2 Å². The van der Waals surface area contributed by atoms with Gasteiger partial charge in [-0.3, -0.25) is 9.69 Å². The third kappa shape index (κ3) is 4.56. The Morgan fingerprint density at radius 2 is 1.90 bits per heavy atom. The molecule has 1 amide bonds. The molecule has 154 valence electrons. The topological polar surface area (TPSA) is 50.8 Å². The summed E-state index contributed by atoms with van der Waals surface area (Å²) in [5.41, 5.74) is 2.57. The van der Waals surface area contributed by atoms with Crippen molar-refractivity contribution in [2.75, 3.05) is 20.2 Å². The lowest BCUT2D eigenvalue weighted by Gasteiger charge is -2.38. The number of amides is 1. The fraction of sp³-hybridized carbons (Fsp3) is 0.458. The molecule has 2 aliphatic heterocycles. The molecule has 1 atom stereocenters. The summed E-state index contributed by atoms with van der Waals surface area (Å²) in [4.78, 5) is 15.4. The second-order valence-electron chi connectivity index (χ2n) is 8.68. The van der Waals surface area contributed by atoms with Crippen LogP contribution in [0.25, 0.3) is 0 Å². The summed E-state index contributed by atoms with van der Waals surface area (Å²) in [5.74, 6) is 1.47. The molecule has 0 unspecified atom stereocenters. The number of ether oxygens (including phenoxy) is 2. The van der Waals surface area contributed by atoms with Crippen molar-refractivity contribution < 1.29 is 14.3 Å². The van der Waals surface area contributed by atoms with E-state index in [1.165, 1.54) is 31.5 Å². The molecule has 5 nitrogen and oxygen atoms in total. The number of carbonyl (C=O) groups excluding carboxylic acids is 1. The molecule has 5 heteroatoms. The van der Waals surface area contributed by atoms with Gasteiger partial charge in [-0.1, -0.05) is 12.1 Å². The third-order valence-electron chi connectivity index (χ3n) is 5.80. The molecule has 2 aliphatic rings. The average Bonchev–Trinajstić information content (AvgIpc) is 3.20. The maximum atomic E-state index is 12.9. The predicted molar refractivity (Wildman–Crippen MR) is 113 cm³/mol. The van der Waals surface area contributed by atoms with Crippen molar-refractivity contribution in [3.05, 3.63) is 59.2 Å². The molecule has 0 radical (unpaired) electrons. The molecule has 1 saturated heterocycles. The standard InChI is InChI=1S/C24H30N2O3/c1-24(2)15-21(20-11-10-19(28-3)14-22(20)29-24)25-23(27)18-8-6-17(7-9-18)16-26-12-4-5-13-26/h6-11,14,21H,4-5,12-13,15-16H2,1-3H3,(H,25,27)/t21-/m1/s1. The first-order valence-corrected chi connectivity index (χ1v) is 10.4. The van der Waals surface area contributed by atoms with E-state index in [0.29, 0.717) is 12.0 Å². The lowest BCUT2D eigenvalue weighted by Crippen LogP contribution is -2.41. The van der Waals surface area contributed by atoms with Crippen molar-refractivity contribution in [2.45, 2.75) is 51.3 Å². The van der Waals surface area contributed by atoms with Gasteiger partial charge in [0, 0.05) is 30.2 Å². The highest BCUT2D eigenvalue weighted by molar-refractivity contribution is 5.94. The van der Waals surface area contributed by atoms with Crippen LogP contribution in [0.2, 0.25) is 0 Å². The van der Waals surface area contributed by atoms with E-state index in [1.54, 1.807) is 7.11 Å². The molecule has 0 saturated carbocycles. The van der Waals surface area contributed by atoms with Crippen molar-refractivity contribution in [3.8, 4) is 11.5 Å². The lowest BCUT2D eigenvalue weighted by atomic mass is 9.89. The van der Waals surface area contributed by atoms with E-state index >= 15 is 0 Å². The van der Waals surface area contributed by atoms with E-state index in [0.717, 1.165) is 23.6 Å². The number of hydrogen-bond donors (Lipinski definition) is 1. The van der Waals surface area contributed by atoms with Crippen molar-refractivity contribution >= 4 is 5.91 Å². The maximum absolute atomic E-state index is 12.9. The molecule has 0 aliphatic carbocycles. The van der Waals surface area contributed by atoms with Gasteiger partial charge in [-0.15, -0.1) is 0 Å². The zero-order valence-corrected chi connectivity index (χ0v) is 17.5. The molecular formula is C24H30N2O3. The number of rotatable bonds is 5. The number of benzene rings is 2. The van der Waals surface area contributed by atoms with Crippen LogP contribution in [0, 0.1) is 0 Å². The summed E-state index contributed by atoms with van der Waals surface area (Å²) in [6.07, 6.45) is 3.29. The van der Waals surface area contributed by atoms with Gasteiger partial charge in [0.25, 0.3) is 5.91 Å². The van der Waals surface area contributed by atoms with E-state index in [4.69, 9.17) is 9.47 Å². The highest BCUT2D eigenvalue weighted by atomic mass is 16.5. The lowest BCUT2D eigenvalue weighted by molar-refractivity contribution is 0.0617. The smallest absolute Gasteiger partial charge is 0.251 e. The number of carbonyl (C=O) groups is 1. The van der Waals surface area contributed by atoms with Crippen LogP contribution in [0.3, 0.4) is 0 Å². The van der Waals surface area contributed by atoms with Crippen molar-refractivity contribution in [3.63, 3.8) is 0 Å². The van der Waals surface area contributed by atoms with Crippen molar-refractivity contribution in [1.82, 2.24) is 10.2 Å². The van der Waals surface area contributed by atoms with Crippen LogP contribution in [0.1, 0.15) is 60.6 Å². The third-order valence-corrected chi connectivity index (χ3v) is 5.80. The number of nitrogens with one attached hydrogen (secondary N) is 1. The number of methoxy groups -OCH3 is 1. The molecule has 2 aromatic rings. The zero-order valence-electron chi connectivity index (χ0n) is 17.5. The average molecular weight is 395 g/mol. The number of fused-ring (bicyclic) bond motifs is 1. The molecule has 1 fully saturated rings. The monoisotopic (exact) mass is 394 g/mol. The summed E-state index contributed by atoms with van der Waals surface area (Å²) in [5, 5.41) is 3.21. The Hall–Kier alpha value is -2.53. The highest BCUT2D eigenvalue weighted by Gasteiger charge is 2.35. The summed E-state index contributed by atoms with van der Waals surface area (Å²) < 4.78 is 11.4. The molecule has 0 bridgehead atoms. The van der Waals surface area contributed by atoms with E-state index in [-0.39, 0.29) is 17.6 Å². The van der Waals surface area contributed by atoms with E-state index in [1.807, 2.05) is 44.2 Å². The summed E-state index contributed by atoms with van der Waals surface area (Å²) in [6, 6.07) is 13.7. The Kier molecular flexibility index (Phi) is 5.50. The molecule has 4 rings (SSSR count). The van der Waals surface area contributed by atoms with Crippen molar-refractivity contribution in [2.24, 2.45) is 0 Å². The van der Waals surface area contributed by atoms with Gasteiger partial charge in [0.2, 0.25) is 0 Å². The fourth-order valence-electron chi connectivity index (χ4n) is 4.29. The number of nitrogens with zero attached hydrogens (tertiary/aromatic N) is 1. The fourth-order valence-corrected chi connectivity index (χ4v) is 4.29. The summed E-state index contributed by atoms with van der Waals surface area (Å²) >= 11 is 0. The van der Waals surface area contributed by atoms with Gasteiger partial charge in [-0.05, 0) is 69.6 Å². The molecule has 0 spiro atoms.